The molecule has 0 atom stereocenters. The maximum atomic E-state index is 12.6. The van der Waals surface area contributed by atoms with E-state index in [1.807, 2.05) is 59.3 Å². The second-order valence-corrected chi connectivity index (χ2v) is 12.6. The van der Waals surface area contributed by atoms with E-state index in [1.54, 1.807) is 6.33 Å². The highest BCUT2D eigenvalue weighted by atomic mass is 32.2. The Kier molecular flexibility index (Phi) is 8.08. The Labute approximate surface area is 255 Å². The smallest absolute Gasteiger partial charge is 0.360 e. The molecule has 0 bridgehead atoms. The van der Waals surface area contributed by atoms with Crippen molar-refractivity contribution in [3.05, 3.63) is 150 Å². The van der Waals surface area contributed by atoms with Gasteiger partial charge in [0.05, 0.1) is 17.3 Å². The minimum absolute atomic E-state index is 0.102. The fraction of sp³-hybridized carbons (Fsp3) is 0.176. The van der Waals surface area contributed by atoms with E-state index in [2.05, 4.69) is 46.5 Å². The van der Waals surface area contributed by atoms with E-state index in [1.165, 1.54) is 31.4 Å². The Balaban J connectivity index is 1.32. The van der Waals surface area contributed by atoms with Gasteiger partial charge in [-0.1, -0.05) is 108 Å². The Morgan fingerprint density at radius 3 is 1.84 bits per heavy atom. The summed E-state index contributed by atoms with van der Waals surface area (Å²) in [6, 6.07) is 36.2. The predicted molar refractivity (Wildman–Crippen MR) is 165 cm³/mol. The van der Waals surface area contributed by atoms with Crippen LogP contribution < -0.4 is 0 Å². The van der Waals surface area contributed by atoms with Gasteiger partial charge < -0.3 is 9.57 Å². The number of oxime groups is 1. The second-order valence-electron chi connectivity index (χ2n) is 10.4. The molecule has 10 heteroatoms. The lowest BCUT2D eigenvalue weighted by Gasteiger charge is -2.35. The molecule has 0 aliphatic heterocycles. The molecule has 1 aromatic heterocycles. The molecule has 5 aromatic rings. The van der Waals surface area contributed by atoms with Crippen molar-refractivity contribution in [3.63, 3.8) is 0 Å². The summed E-state index contributed by atoms with van der Waals surface area (Å²) in [6.45, 7) is -0.129. The topological polar surface area (TPSA) is 113 Å². The molecule has 9 nitrogen and oxygen atoms in total. The number of hydrogen-bond acceptors (Lipinski definition) is 8. The zero-order valence-electron chi connectivity index (χ0n) is 24.0. The standard InChI is InChI=1S/C34H30N4O5S/c1-42-33(39)32(25-17-19-29(20-18-25)44(40,41)30-21-22-30)37-43-23-31-35-24-38(36-31)34(26-11-5-2-6-12-26,27-13-7-3-8-14-27)28-15-9-4-10-16-28/h2-20,24,30H,21-23H2,1H3. The lowest BCUT2D eigenvalue weighted by molar-refractivity contribution is -0.132. The van der Waals surface area contributed by atoms with Crippen LogP contribution in [-0.2, 0) is 36.4 Å². The summed E-state index contributed by atoms with van der Waals surface area (Å²) in [4.78, 5) is 22.9. The van der Waals surface area contributed by atoms with E-state index >= 15 is 0 Å². The lowest BCUT2D eigenvalue weighted by Crippen LogP contribution is -2.38. The first-order chi connectivity index (χ1) is 21.4. The lowest BCUT2D eigenvalue weighted by atomic mass is 9.77. The molecule has 1 aliphatic carbocycles. The van der Waals surface area contributed by atoms with Crippen molar-refractivity contribution < 1.29 is 22.8 Å². The van der Waals surface area contributed by atoms with E-state index in [4.69, 9.17) is 14.7 Å². The molecular formula is C34H30N4O5S. The van der Waals surface area contributed by atoms with Crippen LogP contribution in [0.2, 0.25) is 0 Å². The van der Waals surface area contributed by atoms with Gasteiger partial charge in [-0.3, -0.25) is 0 Å². The molecule has 222 valence electrons. The number of sulfone groups is 1. The van der Waals surface area contributed by atoms with E-state index in [-0.39, 0.29) is 22.5 Å². The third-order valence-corrected chi connectivity index (χ3v) is 9.88. The van der Waals surface area contributed by atoms with Crippen LogP contribution in [-0.4, -0.2) is 47.2 Å². The average molecular weight is 607 g/mol. The van der Waals surface area contributed by atoms with Gasteiger partial charge in [0.1, 0.15) is 11.9 Å². The van der Waals surface area contributed by atoms with Crippen LogP contribution in [0.5, 0.6) is 0 Å². The predicted octanol–water partition coefficient (Wildman–Crippen LogP) is 5.15. The van der Waals surface area contributed by atoms with Crippen LogP contribution >= 0.6 is 0 Å². The number of rotatable bonds is 11. The highest BCUT2D eigenvalue weighted by Crippen LogP contribution is 2.40. The van der Waals surface area contributed by atoms with Gasteiger partial charge in [0.15, 0.2) is 28.0 Å². The third-order valence-electron chi connectivity index (χ3n) is 7.61. The van der Waals surface area contributed by atoms with Crippen molar-refractivity contribution in [1.82, 2.24) is 14.8 Å². The number of aromatic nitrogens is 3. The average Bonchev–Trinajstić information content (AvgIpc) is 3.85. The van der Waals surface area contributed by atoms with Gasteiger partial charge in [-0.15, -0.1) is 0 Å². The van der Waals surface area contributed by atoms with E-state index in [9.17, 15) is 13.2 Å². The van der Waals surface area contributed by atoms with Gasteiger partial charge in [-0.2, -0.15) is 5.10 Å². The molecule has 0 radical (unpaired) electrons. The van der Waals surface area contributed by atoms with Crippen LogP contribution in [0.1, 0.15) is 40.9 Å². The monoisotopic (exact) mass is 606 g/mol. The normalized spacial score (nSPS) is 13.8. The highest BCUT2D eigenvalue weighted by Gasteiger charge is 2.40. The highest BCUT2D eigenvalue weighted by molar-refractivity contribution is 7.92. The summed E-state index contributed by atoms with van der Waals surface area (Å²) in [7, 11) is -2.12. The maximum absolute atomic E-state index is 12.6. The Bertz CT molecular complexity index is 1770. The van der Waals surface area contributed by atoms with Crippen molar-refractivity contribution in [2.45, 2.75) is 35.1 Å². The number of carbonyl (C=O) groups excluding carboxylic acids is 1. The minimum atomic E-state index is -3.36. The molecule has 0 saturated heterocycles. The Morgan fingerprint density at radius 2 is 1.36 bits per heavy atom. The largest absolute Gasteiger partial charge is 0.464 e. The summed E-state index contributed by atoms with van der Waals surface area (Å²) in [5.41, 5.74) is 2.41. The molecule has 1 saturated carbocycles. The fourth-order valence-corrected chi connectivity index (χ4v) is 6.95. The number of benzene rings is 4. The van der Waals surface area contributed by atoms with Gasteiger partial charge in [-0.05, 0) is 41.7 Å². The van der Waals surface area contributed by atoms with Crippen molar-refractivity contribution in [3.8, 4) is 0 Å². The van der Waals surface area contributed by atoms with Crippen molar-refractivity contribution in [2.24, 2.45) is 5.16 Å². The molecule has 1 aliphatic rings. The quantitative estimate of drug-likeness (QED) is 0.0885. The number of ether oxygens (including phenoxy) is 1. The van der Waals surface area contributed by atoms with Gasteiger partial charge in [0.2, 0.25) is 0 Å². The van der Waals surface area contributed by atoms with Crippen LogP contribution in [0.3, 0.4) is 0 Å². The summed E-state index contributed by atoms with van der Waals surface area (Å²) in [6.07, 6.45) is 3.00. The maximum Gasteiger partial charge on any atom is 0.360 e. The van der Waals surface area contributed by atoms with Crippen molar-refractivity contribution in [2.75, 3.05) is 7.11 Å². The number of carbonyl (C=O) groups is 1. The molecule has 0 unspecified atom stereocenters. The molecule has 0 N–H and O–H groups in total. The van der Waals surface area contributed by atoms with Crippen LogP contribution in [0, 0.1) is 0 Å². The molecule has 44 heavy (non-hydrogen) atoms. The molecule has 4 aromatic carbocycles. The minimum Gasteiger partial charge on any atom is -0.464 e. The van der Waals surface area contributed by atoms with Crippen LogP contribution in [0.4, 0.5) is 0 Å². The summed E-state index contributed by atoms with van der Waals surface area (Å²) in [5, 5.41) is 8.55. The molecule has 0 spiro atoms. The molecule has 6 rings (SSSR count). The first-order valence-electron chi connectivity index (χ1n) is 14.1. The summed E-state index contributed by atoms with van der Waals surface area (Å²) < 4.78 is 31.9. The van der Waals surface area contributed by atoms with E-state index in [0.29, 0.717) is 24.2 Å². The van der Waals surface area contributed by atoms with Gasteiger partial charge >= 0.3 is 5.97 Å². The Hall–Kier alpha value is -5.09. The SMILES string of the molecule is COC(=O)C(=NOCc1ncn(C(c2ccccc2)(c2ccccc2)c2ccccc2)n1)c1ccc(S(=O)(=O)C2CC2)cc1. The first-order valence-corrected chi connectivity index (χ1v) is 15.7. The fourth-order valence-electron chi connectivity index (χ4n) is 5.29. The molecule has 0 amide bonds. The van der Waals surface area contributed by atoms with Crippen LogP contribution in [0.25, 0.3) is 0 Å². The zero-order chi connectivity index (χ0) is 30.6. The summed E-state index contributed by atoms with van der Waals surface area (Å²) in [5.74, 6) is -0.381. The van der Waals surface area contributed by atoms with E-state index < -0.39 is 21.3 Å². The van der Waals surface area contributed by atoms with Gasteiger partial charge in [0, 0.05) is 5.56 Å². The zero-order valence-corrected chi connectivity index (χ0v) is 24.8. The van der Waals surface area contributed by atoms with Crippen LogP contribution in [0.15, 0.2) is 132 Å². The van der Waals surface area contributed by atoms with Gasteiger partial charge in [-0.25, -0.2) is 22.9 Å². The Morgan fingerprint density at radius 1 is 0.841 bits per heavy atom. The molecular weight excluding hydrogens is 576 g/mol. The number of esters is 1. The van der Waals surface area contributed by atoms with Crippen molar-refractivity contribution in [1.29, 1.82) is 0 Å². The number of methoxy groups -OCH3 is 1. The first kappa shape index (κ1) is 29.0. The number of nitrogens with zero attached hydrogens (tertiary/aromatic N) is 4. The van der Waals surface area contributed by atoms with Gasteiger partial charge in [0.25, 0.3) is 0 Å². The van der Waals surface area contributed by atoms with E-state index in [0.717, 1.165) is 16.7 Å². The summed E-state index contributed by atoms with van der Waals surface area (Å²) >= 11 is 0. The second kappa shape index (κ2) is 12.3. The molecule has 1 heterocycles. The van der Waals surface area contributed by atoms with Crippen molar-refractivity contribution >= 4 is 21.5 Å². The number of hydrogen-bond donors (Lipinski definition) is 0. The molecule has 1 fully saturated rings. The third kappa shape index (κ3) is 5.51.